The van der Waals surface area contributed by atoms with E-state index in [2.05, 4.69) is 5.10 Å². The van der Waals surface area contributed by atoms with E-state index in [1.165, 1.54) is 0 Å². The third kappa shape index (κ3) is 1.83. The molecule has 2 rings (SSSR count). The topological polar surface area (TPSA) is 52.9 Å². The standard InChI is InChI=1S/C11H12N2O2/c1-13-10(7-9(12-13)11(14)15)8-5-3-2-4-6-8/h2-6,10H,7H2,1H3,(H,14,15). The Labute approximate surface area is 87.8 Å². The first-order valence-corrected chi connectivity index (χ1v) is 4.77. The van der Waals surface area contributed by atoms with Crippen LogP contribution in [0, 0.1) is 0 Å². The SMILES string of the molecule is CN1N=C(C(=O)O)CC1c1ccccc1. The molecule has 0 saturated carbocycles. The van der Waals surface area contributed by atoms with E-state index in [4.69, 9.17) is 5.11 Å². The predicted octanol–water partition coefficient (Wildman–Crippen LogP) is 1.50. The minimum absolute atomic E-state index is 0.0531. The number of carboxylic acid groups (broad SMARTS) is 1. The van der Waals surface area contributed by atoms with Gasteiger partial charge in [-0.25, -0.2) is 4.79 Å². The first-order valence-electron chi connectivity index (χ1n) is 4.77. The zero-order chi connectivity index (χ0) is 10.8. The Kier molecular flexibility index (Phi) is 2.41. The summed E-state index contributed by atoms with van der Waals surface area (Å²) in [7, 11) is 1.80. The normalized spacial score (nSPS) is 20.2. The zero-order valence-corrected chi connectivity index (χ0v) is 8.42. The van der Waals surface area contributed by atoms with Gasteiger partial charge in [-0.15, -0.1) is 0 Å². The summed E-state index contributed by atoms with van der Waals surface area (Å²) in [4.78, 5) is 10.8. The molecule has 1 unspecified atom stereocenters. The van der Waals surface area contributed by atoms with Gasteiger partial charge in [0.1, 0.15) is 5.71 Å². The lowest BCUT2D eigenvalue weighted by Gasteiger charge is -2.18. The molecular formula is C11H12N2O2. The molecule has 0 aliphatic carbocycles. The van der Waals surface area contributed by atoms with Crippen LogP contribution in [0.15, 0.2) is 35.4 Å². The number of hydrazone groups is 1. The molecule has 4 heteroatoms. The van der Waals surface area contributed by atoms with Crippen molar-refractivity contribution in [1.82, 2.24) is 5.01 Å². The highest BCUT2D eigenvalue weighted by Crippen LogP contribution is 2.28. The largest absolute Gasteiger partial charge is 0.477 e. The predicted molar refractivity (Wildman–Crippen MR) is 56.6 cm³/mol. The van der Waals surface area contributed by atoms with Gasteiger partial charge in [0.15, 0.2) is 0 Å². The second-order valence-electron chi connectivity index (χ2n) is 3.56. The number of hydrogen-bond donors (Lipinski definition) is 1. The van der Waals surface area contributed by atoms with Gasteiger partial charge in [0.05, 0.1) is 6.04 Å². The Bertz CT molecular complexity index is 400. The third-order valence-electron chi connectivity index (χ3n) is 2.55. The van der Waals surface area contributed by atoms with Crippen molar-refractivity contribution in [2.45, 2.75) is 12.5 Å². The van der Waals surface area contributed by atoms with Gasteiger partial charge in [0, 0.05) is 13.5 Å². The van der Waals surface area contributed by atoms with Crippen molar-refractivity contribution in [3.63, 3.8) is 0 Å². The zero-order valence-electron chi connectivity index (χ0n) is 8.42. The maximum atomic E-state index is 10.8. The molecule has 1 N–H and O–H groups in total. The van der Waals surface area contributed by atoms with Crippen LogP contribution in [0.3, 0.4) is 0 Å². The lowest BCUT2D eigenvalue weighted by molar-refractivity contribution is -0.129. The van der Waals surface area contributed by atoms with Crippen molar-refractivity contribution < 1.29 is 9.90 Å². The first-order chi connectivity index (χ1) is 7.18. The van der Waals surface area contributed by atoms with Crippen LogP contribution in [-0.4, -0.2) is 28.8 Å². The minimum atomic E-state index is -0.930. The Balaban J connectivity index is 2.20. The molecule has 15 heavy (non-hydrogen) atoms. The fourth-order valence-electron chi connectivity index (χ4n) is 1.76. The third-order valence-corrected chi connectivity index (χ3v) is 2.55. The van der Waals surface area contributed by atoms with E-state index >= 15 is 0 Å². The molecule has 0 radical (unpaired) electrons. The molecule has 78 valence electrons. The van der Waals surface area contributed by atoms with E-state index in [-0.39, 0.29) is 11.8 Å². The number of rotatable bonds is 2. The molecule has 1 heterocycles. The second kappa shape index (κ2) is 3.73. The molecule has 1 aromatic rings. The maximum absolute atomic E-state index is 10.8. The van der Waals surface area contributed by atoms with Crippen LogP contribution in [-0.2, 0) is 4.79 Å². The van der Waals surface area contributed by atoms with Crippen LogP contribution in [0.1, 0.15) is 18.0 Å². The van der Waals surface area contributed by atoms with E-state index in [1.807, 2.05) is 30.3 Å². The summed E-state index contributed by atoms with van der Waals surface area (Å²) < 4.78 is 0. The molecule has 0 fully saturated rings. The summed E-state index contributed by atoms with van der Waals surface area (Å²) in [5, 5.41) is 14.5. The fraction of sp³-hybridized carbons (Fsp3) is 0.273. The van der Waals surface area contributed by atoms with Gasteiger partial charge in [-0.3, -0.25) is 5.01 Å². The number of carboxylic acids is 1. The summed E-state index contributed by atoms with van der Waals surface area (Å²) in [6, 6.07) is 9.86. The molecule has 4 nitrogen and oxygen atoms in total. The van der Waals surface area contributed by atoms with Crippen LogP contribution in [0.25, 0.3) is 0 Å². The average molecular weight is 204 g/mol. The van der Waals surface area contributed by atoms with E-state index in [1.54, 1.807) is 12.1 Å². The summed E-state index contributed by atoms with van der Waals surface area (Å²) in [5.74, 6) is -0.930. The Morgan fingerprint density at radius 2 is 2.13 bits per heavy atom. The van der Waals surface area contributed by atoms with E-state index in [9.17, 15) is 4.79 Å². The molecule has 1 aromatic carbocycles. The molecule has 1 aliphatic heterocycles. The summed E-state index contributed by atoms with van der Waals surface area (Å²) in [5.41, 5.74) is 1.33. The van der Waals surface area contributed by atoms with Gasteiger partial charge in [0.25, 0.3) is 0 Å². The minimum Gasteiger partial charge on any atom is -0.477 e. The Morgan fingerprint density at radius 1 is 1.47 bits per heavy atom. The van der Waals surface area contributed by atoms with E-state index < -0.39 is 5.97 Å². The monoisotopic (exact) mass is 204 g/mol. The Hall–Kier alpha value is -1.84. The van der Waals surface area contributed by atoms with Gasteiger partial charge in [-0.05, 0) is 5.56 Å². The lowest BCUT2D eigenvalue weighted by atomic mass is 10.0. The first kappa shape index (κ1) is 9.71. The molecule has 0 amide bonds. The van der Waals surface area contributed by atoms with Gasteiger partial charge in [0.2, 0.25) is 0 Å². The van der Waals surface area contributed by atoms with Crippen LogP contribution >= 0.6 is 0 Å². The van der Waals surface area contributed by atoms with Gasteiger partial charge < -0.3 is 5.11 Å². The highest BCUT2D eigenvalue weighted by atomic mass is 16.4. The number of benzene rings is 1. The smallest absolute Gasteiger partial charge is 0.352 e. The number of hydrogen-bond acceptors (Lipinski definition) is 3. The number of aliphatic carboxylic acids is 1. The molecule has 1 atom stereocenters. The van der Waals surface area contributed by atoms with Gasteiger partial charge in [-0.1, -0.05) is 30.3 Å². The average Bonchev–Trinajstić information content (AvgIpc) is 2.62. The van der Waals surface area contributed by atoms with Crippen molar-refractivity contribution >= 4 is 11.7 Å². The van der Waals surface area contributed by atoms with Crippen molar-refractivity contribution in [2.75, 3.05) is 7.05 Å². The van der Waals surface area contributed by atoms with E-state index in [0.717, 1.165) is 5.56 Å². The van der Waals surface area contributed by atoms with Gasteiger partial charge >= 0.3 is 5.97 Å². The molecule has 0 saturated heterocycles. The van der Waals surface area contributed by atoms with Crippen LogP contribution < -0.4 is 0 Å². The summed E-state index contributed by atoms with van der Waals surface area (Å²) in [6.07, 6.45) is 0.468. The summed E-state index contributed by atoms with van der Waals surface area (Å²) in [6.45, 7) is 0. The van der Waals surface area contributed by atoms with Crippen molar-refractivity contribution in [1.29, 1.82) is 0 Å². The molecule has 0 spiro atoms. The highest BCUT2D eigenvalue weighted by molar-refractivity contribution is 6.36. The maximum Gasteiger partial charge on any atom is 0.352 e. The molecule has 0 aromatic heterocycles. The second-order valence-corrected chi connectivity index (χ2v) is 3.56. The molecule has 0 bridgehead atoms. The van der Waals surface area contributed by atoms with Crippen molar-refractivity contribution in [3.05, 3.63) is 35.9 Å². The summed E-state index contributed by atoms with van der Waals surface area (Å²) >= 11 is 0. The van der Waals surface area contributed by atoms with Crippen LogP contribution in [0.5, 0.6) is 0 Å². The quantitative estimate of drug-likeness (QED) is 0.794. The fourth-order valence-corrected chi connectivity index (χ4v) is 1.76. The lowest BCUT2D eigenvalue weighted by Crippen LogP contribution is -2.14. The molecular weight excluding hydrogens is 192 g/mol. The molecule has 1 aliphatic rings. The van der Waals surface area contributed by atoms with Crippen molar-refractivity contribution in [3.8, 4) is 0 Å². The number of nitrogens with zero attached hydrogens (tertiary/aromatic N) is 2. The number of carbonyl (C=O) groups is 1. The Morgan fingerprint density at radius 3 is 2.67 bits per heavy atom. The van der Waals surface area contributed by atoms with Crippen molar-refractivity contribution in [2.24, 2.45) is 5.10 Å². The van der Waals surface area contributed by atoms with Gasteiger partial charge in [-0.2, -0.15) is 5.10 Å². The van der Waals surface area contributed by atoms with Crippen LogP contribution in [0.4, 0.5) is 0 Å². The van der Waals surface area contributed by atoms with E-state index in [0.29, 0.717) is 6.42 Å². The highest BCUT2D eigenvalue weighted by Gasteiger charge is 2.28. The van der Waals surface area contributed by atoms with Crippen LogP contribution in [0.2, 0.25) is 0 Å².